The number of carboxylic acids is 1. The quantitative estimate of drug-likeness (QED) is 0.816. The molecule has 1 aliphatic carbocycles. The lowest BCUT2D eigenvalue weighted by Crippen LogP contribution is -2.22. The van der Waals surface area contributed by atoms with Gasteiger partial charge < -0.3 is 5.11 Å². The molecule has 1 aromatic heterocycles. The third-order valence-electron chi connectivity index (χ3n) is 3.59. The molecule has 1 aliphatic heterocycles. The summed E-state index contributed by atoms with van der Waals surface area (Å²) in [6.45, 7) is 1.54. The predicted molar refractivity (Wildman–Crippen MR) is 57.2 cm³/mol. The third kappa shape index (κ3) is 1.28. The van der Waals surface area contributed by atoms with Crippen molar-refractivity contribution >= 4 is 5.97 Å². The maximum absolute atomic E-state index is 11.1. The summed E-state index contributed by atoms with van der Waals surface area (Å²) in [5.74, 6) is -0.898. The molecule has 0 atom stereocenters. The Hall–Kier alpha value is -1.36. The van der Waals surface area contributed by atoms with E-state index in [1.54, 1.807) is 0 Å². The first-order chi connectivity index (χ1) is 7.66. The minimum Gasteiger partial charge on any atom is -0.476 e. The molecule has 5 heteroatoms. The number of nitrogens with zero attached hydrogens (tertiary/aromatic N) is 3. The molecule has 0 aromatic carbocycles. The van der Waals surface area contributed by atoms with Gasteiger partial charge in [-0.25, -0.2) is 4.79 Å². The molecular formula is C11H15N3O2. The van der Waals surface area contributed by atoms with E-state index in [2.05, 4.69) is 10.00 Å². The summed E-state index contributed by atoms with van der Waals surface area (Å²) < 4.78 is 1.96. The molecule has 86 valence electrons. The van der Waals surface area contributed by atoms with Crippen molar-refractivity contribution in [2.45, 2.75) is 38.4 Å². The smallest absolute Gasteiger partial charge is 0.356 e. The van der Waals surface area contributed by atoms with Crippen LogP contribution in [0.1, 0.15) is 47.1 Å². The van der Waals surface area contributed by atoms with Crippen molar-refractivity contribution in [1.29, 1.82) is 0 Å². The second-order valence-corrected chi connectivity index (χ2v) is 4.78. The summed E-state index contributed by atoms with van der Waals surface area (Å²) in [7, 11) is 2.01. The van der Waals surface area contributed by atoms with Crippen molar-refractivity contribution in [1.82, 2.24) is 14.7 Å². The largest absolute Gasteiger partial charge is 0.476 e. The summed E-state index contributed by atoms with van der Waals surface area (Å²) in [6, 6.07) is 0.438. The predicted octanol–water partition coefficient (Wildman–Crippen LogP) is 1.25. The Morgan fingerprint density at radius 2 is 2.19 bits per heavy atom. The molecule has 3 rings (SSSR count). The monoisotopic (exact) mass is 221 g/mol. The molecule has 1 aromatic rings. The fourth-order valence-electron chi connectivity index (χ4n) is 2.52. The fourth-order valence-corrected chi connectivity index (χ4v) is 2.52. The Bertz CT molecular complexity index is 448. The van der Waals surface area contributed by atoms with Gasteiger partial charge in [-0.1, -0.05) is 0 Å². The minimum absolute atomic E-state index is 0.256. The Balaban J connectivity index is 2.06. The Morgan fingerprint density at radius 1 is 1.44 bits per heavy atom. The lowest BCUT2D eigenvalue weighted by Gasteiger charge is -2.27. The van der Waals surface area contributed by atoms with E-state index in [0.29, 0.717) is 12.6 Å². The number of fused-ring (bicyclic) bond motifs is 1. The van der Waals surface area contributed by atoms with Gasteiger partial charge in [0.25, 0.3) is 0 Å². The molecule has 0 spiro atoms. The van der Waals surface area contributed by atoms with E-state index >= 15 is 0 Å². The van der Waals surface area contributed by atoms with E-state index in [4.69, 9.17) is 5.11 Å². The van der Waals surface area contributed by atoms with Gasteiger partial charge in [0.05, 0.1) is 11.7 Å². The lowest BCUT2D eigenvalue weighted by atomic mass is 9.93. The van der Waals surface area contributed by atoms with Gasteiger partial charge in [0, 0.05) is 18.7 Å². The molecule has 2 aliphatic rings. The molecule has 0 amide bonds. The van der Waals surface area contributed by atoms with Crippen LogP contribution in [0.2, 0.25) is 0 Å². The molecule has 1 saturated carbocycles. The Labute approximate surface area is 93.7 Å². The second-order valence-electron chi connectivity index (χ2n) is 4.78. The molecule has 0 unspecified atom stereocenters. The van der Waals surface area contributed by atoms with Crippen LogP contribution in [0, 0.1) is 0 Å². The van der Waals surface area contributed by atoms with Crippen LogP contribution in [-0.4, -0.2) is 32.8 Å². The molecule has 0 radical (unpaired) electrons. The molecule has 2 heterocycles. The van der Waals surface area contributed by atoms with Gasteiger partial charge in [-0.3, -0.25) is 9.58 Å². The van der Waals surface area contributed by atoms with Crippen LogP contribution in [0.3, 0.4) is 0 Å². The Morgan fingerprint density at radius 3 is 2.75 bits per heavy atom. The fraction of sp³-hybridized carbons (Fsp3) is 0.636. The number of hydrogen-bond donors (Lipinski definition) is 1. The van der Waals surface area contributed by atoms with Gasteiger partial charge in [-0.15, -0.1) is 0 Å². The van der Waals surface area contributed by atoms with Gasteiger partial charge in [0.2, 0.25) is 0 Å². The number of carboxylic acid groups (broad SMARTS) is 1. The van der Waals surface area contributed by atoms with Crippen LogP contribution in [0.4, 0.5) is 0 Å². The van der Waals surface area contributed by atoms with Gasteiger partial charge in [-0.05, 0) is 26.3 Å². The van der Waals surface area contributed by atoms with Crippen molar-refractivity contribution in [3.63, 3.8) is 0 Å². The number of hydrogen-bond acceptors (Lipinski definition) is 3. The van der Waals surface area contributed by atoms with Crippen LogP contribution < -0.4 is 0 Å². The van der Waals surface area contributed by atoms with Crippen LogP contribution >= 0.6 is 0 Å². The topological polar surface area (TPSA) is 58.4 Å². The van der Waals surface area contributed by atoms with Gasteiger partial charge in [-0.2, -0.15) is 5.10 Å². The van der Waals surface area contributed by atoms with Crippen molar-refractivity contribution in [3.8, 4) is 0 Å². The molecule has 5 nitrogen and oxygen atoms in total. The first-order valence-electron chi connectivity index (χ1n) is 5.69. The van der Waals surface area contributed by atoms with E-state index in [9.17, 15) is 4.79 Å². The standard InChI is InChI=1S/C11H15N3O2/c1-13-5-8-9(6-13)14(7-3-2-4-7)12-10(8)11(15)16/h7H,2-6H2,1H3,(H,15,16). The average Bonchev–Trinajstić information content (AvgIpc) is 2.61. The normalized spacial score (nSPS) is 20.8. The average molecular weight is 221 g/mol. The number of aromatic nitrogens is 2. The summed E-state index contributed by atoms with van der Waals surface area (Å²) in [6.07, 6.45) is 3.51. The summed E-state index contributed by atoms with van der Waals surface area (Å²) in [5, 5.41) is 13.4. The minimum atomic E-state index is -0.898. The van der Waals surface area contributed by atoms with E-state index in [-0.39, 0.29) is 5.69 Å². The molecule has 0 saturated heterocycles. The van der Waals surface area contributed by atoms with Gasteiger partial charge in [0.1, 0.15) is 0 Å². The van der Waals surface area contributed by atoms with Crippen LogP contribution in [0.5, 0.6) is 0 Å². The highest BCUT2D eigenvalue weighted by atomic mass is 16.4. The highest BCUT2D eigenvalue weighted by Crippen LogP contribution is 2.36. The van der Waals surface area contributed by atoms with E-state index in [1.807, 2.05) is 11.7 Å². The van der Waals surface area contributed by atoms with Crippen LogP contribution in [0.25, 0.3) is 0 Å². The lowest BCUT2D eigenvalue weighted by molar-refractivity contribution is 0.0686. The zero-order valence-electron chi connectivity index (χ0n) is 9.31. The number of carbonyl (C=O) groups is 1. The first kappa shape index (κ1) is 9.84. The van der Waals surface area contributed by atoms with Gasteiger partial charge in [0.15, 0.2) is 5.69 Å². The highest BCUT2D eigenvalue weighted by molar-refractivity contribution is 5.87. The molecule has 1 N–H and O–H groups in total. The first-order valence-corrected chi connectivity index (χ1v) is 5.69. The zero-order valence-corrected chi connectivity index (χ0v) is 9.31. The van der Waals surface area contributed by atoms with Crippen molar-refractivity contribution in [3.05, 3.63) is 17.0 Å². The SMILES string of the molecule is CN1Cc2c(C(=O)O)nn(C3CCC3)c2C1. The maximum atomic E-state index is 11.1. The highest BCUT2D eigenvalue weighted by Gasteiger charge is 2.32. The van der Waals surface area contributed by atoms with E-state index < -0.39 is 5.97 Å². The summed E-state index contributed by atoms with van der Waals surface area (Å²) in [4.78, 5) is 13.2. The van der Waals surface area contributed by atoms with E-state index in [0.717, 1.165) is 30.6 Å². The van der Waals surface area contributed by atoms with E-state index in [1.165, 1.54) is 6.42 Å². The molecular weight excluding hydrogens is 206 g/mol. The summed E-state index contributed by atoms with van der Waals surface area (Å²) >= 11 is 0. The summed E-state index contributed by atoms with van der Waals surface area (Å²) in [5.41, 5.74) is 2.29. The maximum Gasteiger partial charge on any atom is 0.356 e. The van der Waals surface area contributed by atoms with Crippen molar-refractivity contribution < 1.29 is 9.90 Å². The van der Waals surface area contributed by atoms with Crippen LogP contribution in [-0.2, 0) is 13.1 Å². The number of aromatic carboxylic acids is 1. The van der Waals surface area contributed by atoms with Crippen molar-refractivity contribution in [2.75, 3.05) is 7.05 Å². The molecule has 16 heavy (non-hydrogen) atoms. The molecule has 1 fully saturated rings. The third-order valence-corrected chi connectivity index (χ3v) is 3.59. The second kappa shape index (κ2) is 3.31. The number of rotatable bonds is 2. The van der Waals surface area contributed by atoms with Crippen molar-refractivity contribution in [2.24, 2.45) is 0 Å². The van der Waals surface area contributed by atoms with Crippen LogP contribution in [0.15, 0.2) is 0 Å². The zero-order chi connectivity index (χ0) is 11.3. The molecule has 0 bridgehead atoms. The Kier molecular flexibility index (Phi) is 2.04. The van der Waals surface area contributed by atoms with Gasteiger partial charge >= 0.3 is 5.97 Å².